The van der Waals surface area contributed by atoms with E-state index >= 15 is 0 Å². The average molecular weight is 264 g/mol. The van der Waals surface area contributed by atoms with Crippen molar-refractivity contribution in [2.24, 2.45) is 0 Å². The molecule has 1 fully saturated rings. The Kier molecular flexibility index (Phi) is 4.34. The average Bonchev–Trinajstić information content (AvgIpc) is 2.86. The first-order valence-electron chi connectivity index (χ1n) is 6.29. The molecule has 1 aromatic rings. The second kappa shape index (κ2) is 5.99. The molecule has 1 aromatic heterocycles. The van der Waals surface area contributed by atoms with Crippen molar-refractivity contribution in [3.63, 3.8) is 0 Å². The summed E-state index contributed by atoms with van der Waals surface area (Å²) in [6, 6.07) is 3.61. The molecule has 0 aliphatic carbocycles. The quantitative estimate of drug-likeness (QED) is 0.792. The number of methoxy groups -OCH3 is 1. The van der Waals surface area contributed by atoms with E-state index in [1.165, 1.54) is 0 Å². The van der Waals surface area contributed by atoms with Crippen molar-refractivity contribution in [3.05, 3.63) is 23.9 Å². The van der Waals surface area contributed by atoms with Crippen LogP contribution in [0.4, 0.5) is 5.82 Å². The Labute approximate surface area is 113 Å². The van der Waals surface area contributed by atoms with Crippen LogP contribution < -0.4 is 15.5 Å². The lowest BCUT2D eigenvalue weighted by Gasteiger charge is -2.18. The molecule has 6 heteroatoms. The van der Waals surface area contributed by atoms with E-state index < -0.39 is 0 Å². The molecule has 0 radical (unpaired) electrons. The maximum Gasteiger partial charge on any atom is 0.253 e. The minimum Gasteiger partial charge on any atom is -0.378 e. The molecule has 1 amide bonds. The van der Waals surface area contributed by atoms with Gasteiger partial charge in [-0.05, 0) is 12.1 Å². The summed E-state index contributed by atoms with van der Waals surface area (Å²) in [5, 5.41) is 6.16. The SMILES string of the molecule is CO[C@H]1CNC[C@@H]1NC(=O)c1ccc(N(C)C)nc1. The first-order chi connectivity index (χ1) is 9.11. The minimum absolute atomic E-state index is 0.00558. The Bertz CT molecular complexity index is 433. The highest BCUT2D eigenvalue weighted by Gasteiger charge is 2.28. The highest BCUT2D eigenvalue weighted by Crippen LogP contribution is 2.09. The first kappa shape index (κ1) is 13.8. The molecule has 0 aromatic carbocycles. The predicted octanol–water partition coefficient (Wildman–Crippen LogP) is -0.136. The molecule has 0 spiro atoms. The van der Waals surface area contributed by atoms with Crippen LogP contribution in [0.5, 0.6) is 0 Å². The Balaban J connectivity index is 1.99. The number of carbonyl (C=O) groups excluding carboxylic acids is 1. The number of nitrogens with one attached hydrogen (secondary N) is 2. The Hall–Kier alpha value is -1.66. The molecular formula is C13H20N4O2. The summed E-state index contributed by atoms with van der Waals surface area (Å²) >= 11 is 0. The normalized spacial score (nSPS) is 22.3. The molecule has 1 aliphatic heterocycles. The number of amides is 1. The van der Waals surface area contributed by atoms with E-state index in [0.29, 0.717) is 5.56 Å². The van der Waals surface area contributed by atoms with Crippen molar-refractivity contribution in [2.45, 2.75) is 12.1 Å². The number of ether oxygens (including phenoxy) is 1. The van der Waals surface area contributed by atoms with Crippen LogP contribution in [-0.4, -0.2) is 57.3 Å². The van der Waals surface area contributed by atoms with Crippen molar-refractivity contribution in [1.82, 2.24) is 15.6 Å². The summed E-state index contributed by atoms with van der Waals surface area (Å²) in [5.74, 6) is 0.711. The molecule has 2 atom stereocenters. The van der Waals surface area contributed by atoms with Gasteiger partial charge < -0.3 is 20.3 Å². The molecule has 0 unspecified atom stereocenters. The van der Waals surface area contributed by atoms with Crippen LogP contribution in [0, 0.1) is 0 Å². The number of pyridine rings is 1. The van der Waals surface area contributed by atoms with E-state index in [1.54, 1.807) is 19.4 Å². The molecule has 2 N–H and O–H groups in total. The Morgan fingerprint density at radius 3 is 2.84 bits per heavy atom. The number of rotatable bonds is 4. The van der Waals surface area contributed by atoms with Crippen molar-refractivity contribution in [2.75, 3.05) is 39.2 Å². The molecule has 1 aliphatic rings. The van der Waals surface area contributed by atoms with Gasteiger partial charge in [0.15, 0.2) is 0 Å². The molecule has 104 valence electrons. The van der Waals surface area contributed by atoms with Gasteiger partial charge in [0.1, 0.15) is 5.82 Å². The van der Waals surface area contributed by atoms with Gasteiger partial charge in [-0.3, -0.25) is 4.79 Å². The van der Waals surface area contributed by atoms with Gasteiger partial charge in [-0.15, -0.1) is 0 Å². The second-order valence-electron chi connectivity index (χ2n) is 4.81. The van der Waals surface area contributed by atoms with Crippen LogP contribution in [0.25, 0.3) is 0 Å². The molecule has 1 saturated heterocycles. The summed E-state index contributed by atoms with van der Waals surface area (Å²) in [4.78, 5) is 18.2. The minimum atomic E-state index is -0.117. The molecule has 0 saturated carbocycles. The highest BCUT2D eigenvalue weighted by molar-refractivity contribution is 5.94. The Morgan fingerprint density at radius 1 is 1.47 bits per heavy atom. The molecule has 0 bridgehead atoms. The first-order valence-corrected chi connectivity index (χ1v) is 6.29. The molecular weight excluding hydrogens is 244 g/mol. The largest absolute Gasteiger partial charge is 0.378 e. The van der Waals surface area contributed by atoms with E-state index in [0.717, 1.165) is 18.9 Å². The summed E-state index contributed by atoms with van der Waals surface area (Å²) in [7, 11) is 5.48. The van der Waals surface area contributed by atoms with Crippen molar-refractivity contribution < 1.29 is 9.53 Å². The third kappa shape index (κ3) is 3.21. The lowest BCUT2D eigenvalue weighted by molar-refractivity contribution is 0.0779. The van der Waals surface area contributed by atoms with Gasteiger partial charge in [-0.2, -0.15) is 0 Å². The predicted molar refractivity (Wildman–Crippen MR) is 73.5 cm³/mol. The maximum absolute atomic E-state index is 12.1. The summed E-state index contributed by atoms with van der Waals surface area (Å²) < 4.78 is 5.31. The zero-order chi connectivity index (χ0) is 13.8. The lowest BCUT2D eigenvalue weighted by atomic mass is 10.2. The van der Waals surface area contributed by atoms with E-state index in [9.17, 15) is 4.79 Å². The third-order valence-corrected chi connectivity index (χ3v) is 3.25. The number of hydrogen-bond donors (Lipinski definition) is 2. The smallest absolute Gasteiger partial charge is 0.253 e. The van der Waals surface area contributed by atoms with Crippen LogP contribution in [-0.2, 0) is 4.74 Å². The van der Waals surface area contributed by atoms with Crippen LogP contribution in [0.1, 0.15) is 10.4 Å². The van der Waals surface area contributed by atoms with E-state index in [4.69, 9.17) is 4.74 Å². The van der Waals surface area contributed by atoms with Crippen molar-refractivity contribution in [3.8, 4) is 0 Å². The van der Waals surface area contributed by atoms with Gasteiger partial charge >= 0.3 is 0 Å². The van der Waals surface area contributed by atoms with Crippen LogP contribution in [0.15, 0.2) is 18.3 Å². The van der Waals surface area contributed by atoms with E-state index in [2.05, 4.69) is 15.6 Å². The number of nitrogens with zero attached hydrogens (tertiary/aromatic N) is 2. The van der Waals surface area contributed by atoms with Gasteiger partial charge in [0.05, 0.1) is 17.7 Å². The summed E-state index contributed by atoms with van der Waals surface area (Å²) in [6.07, 6.45) is 1.62. The topological polar surface area (TPSA) is 66.5 Å². The summed E-state index contributed by atoms with van der Waals surface area (Å²) in [5.41, 5.74) is 0.562. The van der Waals surface area contributed by atoms with Crippen LogP contribution >= 0.6 is 0 Å². The van der Waals surface area contributed by atoms with Gasteiger partial charge in [-0.25, -0.2) is 4.98 Å². The van der Waals surface area contributed by atoms with E-state index in [-0.39, 0.29) is 18.1 Å². The zero-order valence-electron chi connectivity index (χ0n) is 11.5. The molecule has 19 heavy (non-hydrogen) atoms. The van der Waals surface area contributed by atoms with Gasteiger partial charge in [0.2, 0.25) is 0 Å². The molecule has 6 nitrogen and oxygen atoms in total. The van der Waals surface area contributed by atoms with Crippen molar-refractivity contribution in [1.29, 1.82) is 0 Å². The fraction of sp³-hybridized carbons (Fsp3) is 0.538. The van der Waals surface area contributed by atoms with Crippen LogP contribution in [0.3, 0.4) is 0 Å². The van der Waals surface area contributed by atoms with Gasteiger partial charge in [0.25, 0.3) is 5.91 Å². The third-order valence-electron chi connectivity index (χ3n) is 3.25. The van der Waals surface area contributed by atoms with Gasteiger partial charge in [-0.1, -0.05) is 0 Å². The Morgan fingerprint density at radius 2 is 2.26 bits per heavy atom. The molecule has 2 rings (SSSR count). The number of hydrogen-bond acceptors (Lipinski definition) is 5. The fourth-order valence-electron chi connectivity index (χ4n) is 2.08. The monoisotopic (exact) mass is 264 g/mol. The number of carbonyl (C=O) groups is 1. The molecule has 2 heterocycles. The van der Waals surface area contributed by atoms with Crippen LogP contribution in [0.2, 0.25) is 0 Å². The standard InChI is InChI=1S/C13H20N4O2/c1-17(2)12-5-4-9(6-15-12)13(18)16-10-7-14-8-11(10)19-3/h4-6,10-11,14H,7-8H2,1-3H3,(H,16,18)/t10-,11-/m0/s1. The second-order valence-corrected chi connectivity index (χ2v) is 4.81. The van der Waals surface area contributed by atoms with Gasteiger partial charge in [0, 0.05) is 40.5 Å². The highest BCUT2D eigenvalue weighted by atomic mass is 16.5. The van der Waals surface area contributed by atoms with E-state index in [1.807, 2.05) is 25.1 Å². The number of aromatic nitrogens is 1. The lowest BCUT2D eigenvalue weighted by Crippen LogP contribution is -2.43. The van der Waals surface area contributed by atoms with Crippen molar-refractivity contribution >= 4 is 11.7 Å². The zero-order valence-corrected chi connectivity index (χ0v) is 11.5. The summed E-state index contributed by atoms with van der Waals surface area (Å²) in [6.45, 7) is 1.49. The number of anilines is 1. The maximum atomic E-state index is 12.1. The fourth-order valence-corrected chi connectivity index (χ4v) is 2.08.